The molecule has 3 heteroatoms. The van der Waals surface area contributed by atoms with Crippen molar-refractivity contribution in [3.63, 3.8) is 0 Å². The molecule has 0 unspecified atom stereocenters. The molecule has 0 aromatic heterocycles. The molecule has 0 atom stereocenters. The Bertz CT molecular complexity index is 1010. The Kier molecular flexibility index (Phi) is 7.24. The molecule has 162 valence electrons. The lowest BCUT2D eigenvalue weighted by molar-refractivity contribution is -0.143. The summed E-state index contributed by atoms with van der Waals surface area (Å²) >= 11 is 0. The zero-order valence-electron chi connectivity index (χ0n) is 18.4. The van der Waals surface area contributed by atoms with Gasteiger partial charge in [-0.1, -0.05) is 67.8 Å². The molecule has 1 saturated carbocycles. The molecule has 0 saturated heterocycles. The standard InChI is InChI=1S/C28H32O3/c1-2-30-28(29)18-16-21-15-17-27(31-20-22-9-4-3-5-10-22)26(19-21)25-14-8-12-23-11-6-7-13-24(23)25/h6-8,11-15,17,19,22H,2-5,9-10,16,18,20H2,1H3. The van der Waals surface area contributed by atoms with Crippen molar-refractivity contribution >= 4 is 16.7 Å². The second kappa shape index (κ2) is 10.5. The van der Waals surface area contributed by atoms with E-state index in [1.165, 1.54) is 48.4 Å². The highest BCUT2D eigenvalue weighted by atomic mass is 16.5. The molecule has 1 fully saturated rings. The summed E-state index contributed by atoms with van der Waals surface area (Å²) in [6.07, 6.45) is 7.58. The fraction of sp³-hybridized carbons (Fsp3) is 0.393. The van der Waals surface area contributed by atoms with Gasteiger partial charge in [-0.05, 0) is 66.1 Å². The average Bonchev–Trinajstić information content (AvgIpc) is 2.82. The smallest absolute Gasteiger partial charge is 0.306 e. The molecule has 1 aliphatic carbocycles. The minimum absolute atomic E-state index is 0.146. The van der Waals surface area contributed by atoms with E-state index in [4.69, 9.17) is 9.47 Å². The Morgan fingerprint density at radius 3 is 2.58 bits per heavy atom. The van der Waals surface area contributed by atoms with Crippen LogP contribution in [0.1, 0.15) is 51.0 Å². The Morgan fingerprint density at radius 1 is 0.935 bits per heavy atom. The second-order valence-corrected chi connectivity index (χ2v) is 8.48. The number of hydrogen-bond acceptors (Lipinski definition) is 3. The Hall–Kier alpha value is -2.81. The highest BCUT2D eigenvalue weighted by molar-refractivity contribution is 5.98. The summed E-state index contributed by atoms with van der Waals surface area (Å²) in [5, 5.41) is 2.44. The van der Waals surface area contributed by atoms with Gasteiger partial charge in [0.25, 0.3) is 0 Å². The van der Waals surface area contributed by atoms with Gasteiger partial charge in [-0.25, -0.2) is 0 Å². The van der Waals surface area contributed by atoms with E-state index < -0.39 is 0 Å². The number of benzene rings is 3. The largest absolute Gasteiger partial charge is 0.493 e. The summed E-state index contributed by atoms with van der Waals surface area (Å²) in [6, 6.07) is 21.2. The average molecular weight is 417 g/mol. The van der Waals surface area contributed by atoms with Gasteiger partial charge in [-0.2, -0.15) is 0 Å². The summed E-state index contributed by atoms with van der Waals surface area (Å²) in [7, 11) is 0. The third-order valence-electron chi connectivity index (χ3n) is 6.25. The van der Waals surface area contributed by atoms with E-state index in [1.807, 2.05) is 6.92 Å². The van der Waals surface area contributed by atoms with E-state index in [0.29, 0.717) is 25.4 Å². The Morgan fingerprint density at radius 2 is 1.74 bits per heavy atom. The van der Waals surface area contributed by atoms with E-state index in [1.54, 1.807) is 0 Å². The maximum Gasteiger partial charge on any atom is 0.306 e. The fourth-order valence-corrected chi connectivity index (χ4v) is 4.57. The summed E-state index contributed by atoms with van der Waals surface area (Å²) in [4.78, 5) is 11.8. The van der Waals surface area contributed by atoms with Crippen molar-refractivity contribution in [2.24, 2.45) is 5.92 Å². The SMILES string of the molecule is CCOC(=O)CCc1ccc(OCC2CCCCC2)c(-c2cccc3ccccc23)c1. The summed E-state index contributed by atoms with van der Waals surface area (Å²) in [5.74, 6) is 1.44. The zero-order valence-corrected chi connectivity index (χ0v) is 18.4. The number of hydrogen-bond donors (Lipinski definition) is 0. The van der Waals surface area contributed by atoms with E-state index in [-0.39, 0.29) is 5.97 Å². The highest BCUT2D eigenvalue weighted by Gasteiger charge is 2.17. The Balaban J connectivity index is 1.64. The third kappa shape index (κ3) is 5.46. The van der Waals surface area contributed by atoms with Crippen LogP contribution in [0.2, 0.25) is 0 Å². The summed E-state index contributed by atoms with van der Waals surface area (Å²) in [6.45, 7) is 3.04. The first-order valence-corrected chi connectivity index (χ1v) is 11.6. The molecule has 3 aromatic rings. The highest BCUT2D eigenvalue weighted by Crippen LogP contribution is 2.37. The van der Waals surface area contributed by atoms with Crippen LogP contribution in [0, 0.1) is 5.92 Å². The number of esters is 1. The van der Waals surface area contributed by atoms with Gasteiger partial charge in [-0.15, -0.1) is 0 Å². The number of carbonyl (C=O) groups excluding carboxylic acids is 1. The van der Waals surface area contributed by atoms with Crippen LogP contribution in [-0.2, 0) is 16.0 Å². The molecule has 0 aliphatic heterocycles. The molecule has 0 radical (unpaired) electrons. The van der Waals surface area contributed by atoms with Crippen LogP contribution in [-0.4, -0.2) is 19.2 Å². The van der Waals surface area contributed by atoms with Crippen LogP contribution in [0.3, 0.4) is 0 Å². The topological polar surface area (TPSA) is 35.5 Å². The van der Waals surface area contributed by atoms with Gasteiger partial charge in [0, 0.05) is 12.0 Å². The van der Waals surface area contributed by atoms with Crippen LogP contribution in [0.25, 0.3) is 21.9 Å². The quantitative estimate of drug-likeness (QED) is 0.372. The number of ether oxygens (including phenoxy) is 2. The lowest BCUT2D eigenvalue weighted by atomic mass is 9.90. The molecule has 0 N–H and O–H groups in total. The number of rotatable bonds is 8. The lowest BCUT2D eigenvalue weighted by Crippen LogP contribution is -2.15. The van der Waals surface area contributed by atoms with Gasteiger partial charge in [-0.3, -0.25) is 4.79 Å². The molecule has 31 heavy (non-hydrogen) atoms. The van der Waals surface area contributed by atoms with Gasteiger partial charge >= 0.3 is 5.97 Å². The van der Waals surface area contributed by atoms with Crippen LogP contribution in [0.4, 0.5) is 0 Å². The van der Waals surface area contributed by atoms with E-state index in [2.05, 4.69) is 60.7 Å². The molecular weight excluding hydrogens is 384 g/mol. The monoisotopic (exact) mass is 416 g/mol. The molecule has 3 nitrogen and oxygen atoms in total. The first-order valence-electron chi connectivity index (χ1n) is 11.6. The molecule has 0 bridgehead atoms. The predicted molar refractivity (Wildman–Crippen MR) is 126 cm³/mol. The van der Waals surface area contributed by atoms with E-state index >= 15 is 0 Å². The third-order valence-corrected chi connectivity index (χ3v) is 6.25. The maximum atomic E-state index is 11.8. The van der Waals surface area contributed by atoms with Crippen LogP contribution < -0.4 is 4.74 Å². The normalized spacial score (nSPS) is 14.5. The second-order valence-electron chi connectivity index (χ2n) is 8.48. The predicted octanol–water partition coefficient (Wildman–Crippen LogP) is 6.96. The van der Waals surface area contributed by atoms with E-state index in [0.717, 1.165) is 23.5 Å². The minimum Gasteiger partial charge on any atom is -0.493 e. The van der Waals surface area contributed by atoms with Gasteiger partial charge in [0.15, 0.2) is 0 Å². The van der Waals surface area contributed by atoms with Crippen molar-refractivity contribution in [1.29, 1.82) is 0 Å². The van der Waals surface area contributed by atoms with Crippen LogP contribution in [0.15, 0.2) is 60.7 Å². The number of aryl methyl sites for hydroxylation is 1. The molecule has 0 spiro atoms. The molecule has 3 aromatic carbocycles. The molecular formula is C28H32O3. The van der Waals surface area contributed by atoms with Crippen molar-refractivity contribution in [3.05, 3.63) is 66.2 Å². The number of fused-ring (bicyclic) bond motifs is 1. The fourth-order valence-electron chi connectivity index (χ4n) is 4.57. The molecule has 1 aliphatic rings. The van der Waals surface area contributed by atoms with Crippen LogP contribution >= 0.6 is 0 Å². The van der Waals surface area contributed by atoms with Gasteiger partial charge < -0.3 is 9.47 Å². The van der Waals surface area contributed by atoms with Crippen LogP contribution in [0.5, 0.6) is 5.75 Å². The zero-order chi connectivity index (χ0) is 21.5. The van der Waals surface area contributed by atoms with Gasteiger partial charge in [0.05, 0.1) is 13.2 Å². The summed E-state index contributed by atoms with van der Waals surface area (Å²) < 4.78 is 11.5. The maximum absolute atomic E-state index is 11.8. The Labute approximate surface area is 185 Å². The lowest BCUT2D eigenvalue weighted by Gasteiger charge is -2.23. The summed E-state index contributed by atoms with van der Waals surface area (Å²) in [5.41, 5.74) is 3.41. The molecule has 0 heterocycles. The number of carbonyl (C=O) groups is 1. The van der Waals surface area contributed by atoms with Crippen molar-refractivity contribution in [1.82, 2.24) is 0 Å². The van der Waals surface area contributed by atoms with Crippen molar-refractivity contribution in [3.8, 4) is 16.9 Å². The van der Waals surface area contributed by atoms with Crippen molar-refractivity contribution < 1.29 is 14.3 Å². The minimum atomic E-state index is -0.146. The molecule has 0 amide bonds. The van der Waals surface area contributed by atoms with Crippen molar-refractivity contribution in [2.45, 2.75) is 51.9 Å². The van der Waals surface area contributed by atoms with Crippen molar-refractivity contribution in [2.75, 3.05) is 13.2 Å². The van der Waals surface area contributed by atoms with Gasteiger partial charge in [0.2, 0.25) is 0 Å². The van der Waals surface area contributed by atoms with Gasteiger partial charge in [0.1, 0.15) is 5.75 Å². The first kappa shape index (κ1) is 21.4. The first-order chi connectivity index (χ1) is 15.2. The van der Waals surface area contributed by atoms with E-state index in [9.17, 15) is 4.79 Å². The molecule has 4 rings (SSSR count).